The van der Waals surface area contributed by atoms with Crippen LogP contribution in [0.2, 0.25) is 0 Å². The molecule has 164 valence electrons. The van der Waals surface area contributed by atoms with Crippen molar-refractivity contribution in [2.75, 3.05) is 12.8 Å². The Kier molecular flexibility index (Phi) is 6.32. The summed E-state index contributed by atoms with van der Waals surface area (Å²) in [5, 5.41) is -1.04. The fraction of sp³-hybridized carbons (Fsp3) is 0.238. The van der Waals surface area contributed by atoms with Crippen molar-refractivity contribution in [1.82, 2.24) is 9.55 Å². The second kappa shape index (κ2) is 8.78. The van der Waals surface area contributed by atoms with E-state index in [4.69, 9.17) is 16.2 Å². The van der Waals surface area contributed by atoms with Gasteiger partial charge >= 0.3 is 0 Å². The number of hydrogen-bond acceptors (Lipinski definition) is 6. The number of hydrogen-bond donors (Lipinski definition) is 3. The number of methoxy groups -OCH3 is 1. The maximum atomic E-state index is 11.7. The van der Waals surface area contributed by atoms with Crippen molar-refractivity contribution >= 4 is 22.0 Å². The summed E-state index contributed by atoms with van der Waals surface area (Å²) in [4.78, 5) is 16.1. The molecule has 3 rings (SSSR count). The number of primary amides is 1. The second-order valence-electron chi connectivity index (χ2n) is 7.19. The van der Waals surface area contributed by atoms with E-state index in [0.717, 1.165) is 5.56 Å². The molecule has 9 nitrogen and oxygen atoms in total. The standard InChI is InChI=1S/C21H24N4O5S/c1-13(31(27,28)29)9-14-7-8-15(20(22)26)10-17(14)18-12-25(21(23)24-18)11-16-5-3-4-6-19(16)30-2/h3-8,10,12-13H,9,11H2,1-2H3,(H2,22,26)(H2,23,24)(H,27,28,29). The highest BCUT2D eigenvalue weighted by atomic mass is 32.2. The third-order valence-corrected chi connectivity index (χ3v) is 6.21. The molecule has 0 aliphatic carbocycles. The van der Waals surface area contributed by atoms with Crippen molar-refractivity contribution in [3.63, 3.8) is 0 Å². The minimum Gasteiger partial charge on any atom is -0.496 e. The number of para-hydroxylation sites is 1. The molecule has 0 aliphatic rings. The van der Waals surface area contributed by atoms with Crippen LogP contribution in [0.15, 0.2) is 48.7 Å². The summed E-state index contributed by atoms with van der Waals surface area (Å²) in [5.74, 6) is 0.312. The molecule has 0 saturated heterocycles. The molecule has 31 heavy (non-hydrogen) atoms. The van der Waals surface area contributed by atoms with Crippen molar-refractivity contribution in [2.45, 2.75) is 25.1 Å². The molecule has 1 atom stereocenters. The van der Waals surface area contributed by atoms with Crippen LogP contribution in [0.4, 0.5) is 5.95 Å². The van der Waals surface area contributed by atoms with Crippen molar-refractivity contribution < 1.29 is 22.5 Å². The molecule has 0 spiro atoms. The first-order valence-corrected chi connectivity index (χ1v) is 10.9. The van der Waals surface area contributed by atoms with Crippen LogP contribution >= 0.6 is 0 Å². The van der Waals surface area contributed by atoms with E-state index in [2.05, 4.69) is 4.98 Å². The molecule has 1 heterocycles. The molecule has 5 N–H and O–H groups in total. The van der Waals surface area contributed by atoms with E-state index < -0.39 is 21.3 Å². The van der Waals surface area contributed by atoms with Crippen molar-refractivity contribution in [1.29, 1.82) is 0 Å². The SMILES string of the molecule is COc1ccccc1Cn1cc(-c2cc(C(N)=O)ccc2CC(C)S(=O)(=O)O)nc1N. The van der Waals surface area contributed by atoms with Crippen LogP contribution in [0.3, 0.4) is 0 Å². The van der Waals surface area contributed by atoms with Gasteiger partial charge in [-0.15, -0.1) is 0 Å². The van der Waals surface area contributed by atoms with Gasteiger partial charge in [0.25, 0.3) is 10.1 Å². The Morgan fingerprint density at radius 3 is 2.58 bits per heavy atom. The number of benzene rings is 2. The number of imidazole rings is 1. The highest BCUT2D eigenvalue weighted by Gasteiger charge is 2.21. The van der Waals surface area contributed by atoms with Gasteiger partial charge in [0.2, 0.25) is 11.9 Å². The Morgan fingerprint density at radius 2 is 1.94 bits per heavy atom. The molecule has 3 aromatic rings. The molecule has 2 aromatic carbocycles. The van der Waals surface area contributed by atoms with Gasteiger partial charge in [0.1, 0.15) is 5.75 Å². The first-order chi connectivity index (χ1) is 14.6. The smallest absolute Gasteiger partial charge is 0.267 e. The molecule has 0 fully saturated rings. The third kappa shape index (κ3) is 5.04. The summed E-state index contributed by atoms with van der Waals surface area (Å²) >= 11 is 0. The van der Waals surface area contributed by atoms with Crippen LogP contribution in [0.25, 0.3) is 11.3 Å². The molecule has 0 aliphatic heterocycles. The number of nitrogen functional groups attached to an aromatic ring is 1. The Labute approximate surface area is 180 Å². The van der Waals surface area contributed by atoms with Crippen molar-refractivity contribution in [2.24, 2.45) is 5.73 Å². The number of rotatable bonds is 8. The maximum Gasteiger partial charge on any atom is 0.267 e. The van der Waals surface area contributed by atoms with Gasteiger partial charge in [0.15, 0.2) is 0 Å². The van der Waals surface area contributed by atoms with Gasteiger partial charge < -0.3 is 20.8 Å². The Morgan fingerprint density at radius 1 is 1.23 bits per heavy atom. The number of carbonyl (C=O) groups excluding carboxylic acids is 1. The van der Waals surface area contributed by atoms with Crippen LogP contribution in [0.1, 0.15) is 28.4 Å². The van der Waals surface area contributed by atoms with Gasteiger partial charge in [-0.3, -0.25) is 9.35 Å². The van der Waals surface area contributed by atoms with Crippen LogP contribution < -0.4 is 16.2 Å². The van der Waals surface area contributed by atoms with E-state index in [1.165, 1.54) is 13.0 Å². The number of aromatic nitrogens is 2. The first-order valence-electron chi connectivity index (χ1n) is 9.44. The molecule has 0 radical (unpaired) electrons. The number of anilines is 1. The summed E-state index contributed by atoms with van der Waals surface area (Å²) in [7, 11) is -2.65. The lowest BCUT2D eigenvalue weighted by Crippen LogP contribution is -2.20. The van der Waals surface area contributed by atoms with Crippen LogP contribution in [-0.4, -0.2) is 40.8 Å². The lowest BCUT2D eigenvalue weighted by atomic mass is 9.98. The van der Waals surface area contributed by atoms with Gasteiger partial charge in [-0.25, -0.2) is 4.98 Å². The van der Waals surface area contributed by atoms with E-state index >= 15 is 0 Å². The van der Waals surface area contributed by atoms with Gasteiger partial charge in [-0.1, -0.05) is 24.3 Å². The van der Waals surface area contributed by atoms with Crippen LogP contribution in [0, 0.1) is 0 Å². The van der Waals surface area contributed by atoms with Crippen molar-refractivity contribution in [3.8, 4) is 17.0 Å². The predicted molar refractivity (Wildman–Crippen MR) is 117 cm³/mol. The summed E-state index contributed by atoms with van der Waals surface area (Å²) in [6.07, 6.45) is 1.73. The zero-order chi connectivity index (χ0) is 22.8. The van der Waals surface area contributed by atoms with Gasteiger partial charge in [-0.05, 0) is 37.1 Å². The normalized spacial score (nSPS) is 12.5. The summed E-state index contributed by atoms with van der Waals surface area (Å²) in [5.41, 5.74) is 14.2. The number of nitrogens with two attached hydrogens (primary N) is 2. The Hall–Kier alpha value is -3.37. The first kappa shape index (κ1) is 22.3. The number of carbonyl (C=O) groups is 1. The fourth-order valence-corrected chi connectivity index (χ4v) is 3.66. The van der Waals surface area contributed by atoms with Gasteiger partial charge in [0, 0.05) is 22.9 Å². The second-order valence-corrected chi connectivity index (χ2v) is 9.02. The minimum atomic E-state index is -4.23. The Bertz CT molecular complexity index is 1220. The monoisotopic (exact) mass is 444 g/mol. The zero-order valence-corrected chi connectivity index (χ0v) is 18.0. The molecule has 0 saturated carbocycles. The topological polar surface area (TPSA) is 151 Å². The van der Waals surface area contributed by atoms with Crippen molar-refractivity contribution in [3.05, 3.63) is 65.4 Å². The van der Waals surface area contributed by atoms with E-state index in [-0.39, 0.29) is 17.9 Å². The zero-order valence-electron chi connectivity index (χ0n) is 17.1. The number of nitrogens with zero attached hydrogens (tertiary/aromatic N) is 2. The molecule has 10 heteroatoms. The molecule has 0 bridgehead atoms. The highest BCUT2D eigenvalue weighted by Crippen LogP contribution is 2.28. The summed E-state index contributed by atoms with van der Waals surface area (Å²) in [6.45, 7) is 1.80. The average molecular weight is 445 g/mol. The number of ether oxygens (including phenoxy) is 1. The lowest BCUT2D eigenvalue weighted by molar-refractivity contribution is 0.100. The highest BCUT2D eigenvalue weighted by molar-refractivity contribution is 7.86. The average Bonchev–Trinajstić information content (AvgIpc) is 3.08. The minimum absolute atomic E-state index is 0.0203. The van der Waals surface area contributed by atoms with E-state index in [1.54, 1.807) is 30.0 Å². The van der Waals surface area contributed by atoms with Crippen LogP contribution in [-0.2, 0) is 23.1 Å². The van der Waals surface area contributed by atoms with Gasteiger partial charge in [-0.2, -0.15) is 8.42 Å². The maximum absolute atomic E-state index is 11.7. The predicted octanol–water partition coefficient (Wildman–Crippen LogP) is 2.11. The van der Waals surface area contributed by atoms with E-state index in [9.17, 15) is 17.8 Å². The molecular formula is C21H24N4O5S. The number of amides is 1. The molecule has 1 amide bonds. The summed E-state index contributed by atoms with van der Waals surface area (Å²) < 4.78 is 39.5. The molecular weight excluding hydrogens is 420 g/mol. The van der Waals surface area contributed by atoms with E-state index in [0.29, 0.717) is 29.1 Å². The Balaban J connectivity index is 2.04. The lowest BCUT2D eigenvalue weighted by Gasteiger charge is -2.13. The molecule has 1 unspecified atom stereocenters. The van der Waals surface area contributed by atoms with Gasteiger partial charge in [0.05, 0.1) is 24.6 Å². The van der Waals surface area contributed by atoms with E-state index in [1.807, 2.05) is 24.3 Å². The van der Waals surface area contributed by atoms with Crippen LogP contribution in [0.5, 0.6) is 5.75 Å². The summed E-state index contributed by atoms with van der Waals surface area (Å²) in [6, 6.07) is 12.2. The third-order valence-electron chi connectivity index (χ3n) is 5.03. The fourth-order valence-electron chi connectivity index (χ4n) is 3.26. The largest absolute Gasteiger partial charge is 0.496 e. The quantitative estimate of drug-likeness (QED) is 0.450. The molecule has 1 aromatic heterocycles.